The van der Waals surface area contributed by atoms with Crippen molar-refractivity contribution in [2.75, 3.05) is 54.5 Å². The maximum absolute atomic E-state index is 12.6. The lowest BCUT2D eigenvalue weighted by Crippen LogP contribution is -3.06. The zero-order valence-corrected chi connectivity index (χ0v) is 19.4. The number of ketones is 1. The van der Waals surface area contributed by atoms with Gasteiger partial charge in [-0.3, -0.25) is 9.69 Å². The Morgan fingerprint density at radius 1 is 1.03 bits per heavy atom. The summed E-state index contributed by atoms with van der Waals surface area (Å²) in [5, 5.41) is 0. The lowest BCUT2D eigenvalue weighted by molar-refractivity contribution is -0.857. The topological polar surface area (TPSA) is 43.2 Å². The first-order chi connectivity index (χ1) is 13.5. The van der Waals surface area contributed by atoms with E-state index in [-0.39, 0.29) is 12.4 Å². The fourth-order valence-corrected chi connectivity index (χ4v) is 3.94. The number of ether oxygens (including phenoxy) is 2. The van der Waals surface area contributed by atoms with E-state index in [2.05, 4.69) is 31.1 Å². The fourth-order valence-electron chi connectivity index (χ4n) is 3.94. The highest BCUT2D eigenvalue weighted by molar-refractivity contribution is 5.81. The lowest BCUT2D eigenvalue weighted by atomic mass is 9.85. The molecular formula is C23H39ClN2O3. The summed E-state index contributed by atoms with van der Waals surface area (Å²) in [5.41, 5.74) is 1.23. The van der Waals surface area contributed by atoms with Crippen LogP contribution in [0.5, 0.6) is 11.5 Å². The average molecular weight is 427 g/mol. The number of nitrogens with one attached hydrogen (secondary N) is 1. The van der Waals surface area contributed by atoms with Crippen LogP contribution in [0.4, 0.5) is 0 Å². The van der Waals surface area contributed by atoms with Crippen LogP contribution in [0.2, 0.25) is 0 Å². The van der Waals surface area contributed by atoms with Crippen LogP contribution in [-0.2, 0) is 11.2 Å². The molecule has 1 N–H and O–H groups in total. The molecule has 0 bridgehead atoms. The number of hydrogen-bond acceptors (Lipinski definition) is 4. The Balaban J connectivity index is 0.00000420. The number of halogens is 1. The fraction of sp³-hybridized carbons (Fsp3) is 0.696. The minimum Gasteiger partial charge on any atom is -1.00 e. The molecule has 1 aromatic rings. The van der Waals surface area contributed by atoms with Gasteiger partial charge in [0.25, 0.3) is 0 Å². The summed E-state index contributed by atoms with van der Waals surface area (Å²) in [4.78, 5) is 16.5. The molecule has 2 rings (SSSR count). The summed E-state index contributed by atoms with van der Waals surface area (Å²) >= 11 is 0. The summed E-state index contributed by atoms with van der Waals surface area (Å²) in [7, 11) is 7.69. The van der Waals surface area contributed by atoms with Gasteiger partial charge in [-0.1, -0.05) is 25.3 Å². The maximum atomic E-state index is 12.6. The zero-order chi connectivity index (χ0) is 20.4. The van der Waals surface area contributed by atoms with Crippen LogP contribution in [0, 0.1) is 5.92 Å². The maximum Gasteiger partial charge on any atom is 0.160 e. The van der Waals surface area contributed by atoms with Crippen LogP contribution >= 0.6 is 0 Å². The van der Waals surface area contributed by atoms with Gasteiger partial charge in [-0.15, -0.1) is 0 Å². The van der Waals surface area contributed by atoms with Gasteiger partial charge in [0.1, 0.15) is 5.78 Å². The van der Waals surface area contributed by atoms with Crippen molar-refractivity contribution in [1.82, 2.24) is 4.90 Å². The Bertz CT molecular complexity index is 604. The van der Waals surface area contributed by atoms with Crippen molar-refractivity contribution in [3.05, 3.63) is 23.8 Å². The Hall–Kier alpha value is -1.30. The molecule has 1 aliphatic rings. The first-order valence-electron chi connectivity index (χ1n) is 10.8. The third-order valence-corrected chi connectivity index (χ3v) is 5.83. The molecule has 0 atom stereocenters. The Morgan fingerprint density at radius 2 is 1.72 bits per heavy atom. The third kappa shape index (κ3) is 8.93. The highest BCUT2D eigenvalue weighted by atomic mass is 35.5. The van der Waals surface area contributed by atoms with Gasteiger partial charge in [0.05, 0.1) is 34.9 Å². The van der Waals surface area contributed by atoms with Crippen molar-refractivity contribution in [1.29, 1.82) is 0 Å². The number of methoxy groups -OCH3 is 2. The molecular weight excluding hydrogens is 388 g/mol. The van der Waals surface area contributed by atoms with E-state index in [1.165, 1.54) is 29.7 Å². The van der Waals surface area contributed by atoms with E-state index in [0.29, 0.717) is 18.1 Å². The van der Waals surface area contributed by atoms with E-state index in [1.54, 1.807) is 14.2 Å². The normalized spacial score (nSPS) is 14.7. The average Bonchev–Trinajstić information content (AvgIpc) is 2.73. The monoisotopic (exact) mass is 426 g/mol. The van der Waals surface area contributed by atoms with E-state index in [0.717, 1.165) is 56.9 Å². The van der Waals surface area contributed by atoms with E-state index in [4.69, 9.17) is 9.47 Å². The summed E-state index contributed by atoms with van der Waals surface area (Å²) in [5.74, 6) is 2.34. The summed E-state index contributed by atoms with van der Waals surface area (Å²) < 4.78 is 10.8. The van der Waals surface area contributed by atoms with Gasteiger partial charge in [0.2, 0.25) is 0 Å². The summed E-state index contributed by atoms with van der Waals surface area (Å²) in [6, 6.07) is 6.13. The van der Waals surface area contributed by atoms with Crippen molar-refractivity contribution in [2.24, 2.45) is 5.92 Å². The van der Waals surface area contributed by atoms with Crippen LogP contribution < -0.4 is 26.8 Å². The first-order valence-corrected chi connectivity index (χ1v) is 10.8. The molecule has 1 fully saturated rings. The second-order valence-corrected chi connectivity index (χ2v) is 8.29. The van der Waals surface area contributed by atoms with Crippen molar-refractivity contribution in [3.8, 4) is 11.5 Å². The van der Waals surface area contributed by atoms with E-state index in [1.807, 2.05) is 6.07 Å². The molecule has 0 aliphatic heterocycles. The van der Waals surface area contributed by atoms with Crippen LogP contribution in [-0.4, -0.2) is 65.2 Å². The highest BCUT2D eigenvalue weighted by Gasteiger charge is 2.21. The molecule has 0 spiro atoms. The number of hydrogen-bond donors (Lipinski definition) is 1. The van der Waals surface area contributed by atoms with Crippen LogP contribution in [0.15, 0.2) is 18.2 Å². The predicted molar refractivity (Wildman–Crippen MR) is 114 cm³/mol. The van der Waals surface area contributed by atoms with E-state index in [9.17, 15) is 4.79 Å². The molecule has 6 heteroatoms. The molecule has 1 saturated carbocycles. The molecule has 0 amide bonds. The van der Waals surface area contributed by atoms with E-state index < -0.39 is 0 Å². The lowest BCUT2D eigenvalue weighted by Gasteiger charge is -2.25. The molecule has 1 aromatic carbocycles. The third-order valence-electron chi connectivity index (χ3n) is 5.83. The van der Waals surface area contributed by atoms with Gasteiger partial charge in [-0.25, -0.2) is 0 Å². The first kappa shape index (κ1) is 25.7. The number of quaternary nitrogens is 1. The number of Topliss-reactive ketones (excluding diaryl/α,β-unsaturated/α-hetero) is 1. The minimum atomic E-state index is 0. The van der Waals surface area contributed by atoms with Gasteiger partial charge < -0.3 is 26.8 Å². The molecule has 0 unspecified atom stereocenters. The second kappa shape index (κ2) is 13.8. The van der Waals surface area contributed by atoms with Gasteiger partial charge in [0.15, 0.2) is 11.5 Å². The van der Waals surface area contributed by atoms with Gasteiger partial charge in [-0.2, -0.15) is 0 Å². The Morgan fingerprint density at radius 3 is 2.34 bits per heavy atom. The van der Waals surface area contributed by atoms with Crippen LogP contribution in [0.1, 0.15) is 44.1 Å². The molecule has 0 aromatic heterocycles. The smallest absolute Gasteiger partial charge is 0.160 e. The van der Waals surface area contributed by atoms with Crippen molar-refractivity contribution in [3.63, 3.8) is 0 Å². The van der Waals surface area contributed by atoms with E-state index >= 15 is 0 Å². The second-order valence-electron chi connectivity index (χ2n) is 8.29. The van der Waals surface area contributed by atoms with Crippen molar-refractivity contribution >= 4 is 5.78 Å². The van der Waals surface area contributed by atoms with Crippen LogP contribution in [0.3, 0.4) is 0 Å². The largest absolute Gasteiger partial charge is 1.00 e. The number of nitrogens with zero attached hydrogens (tertiary/aromatic N) is 1. The SMILES string of the molecule is COc1ccc(CCN(CCC(=O)C2CCCCC2)CC[NH+](C)C)cc1OC.[Cl-]. The quantitative estimate of drug-likeness (QED) is 0.477. The predicted octanol–water partition coefficient (Wildman–Crippen LogP) is -0.764. The highest BCUT2D eigenvalue weighted by Crippen LogP contribution is 2.28. The standard InChI is InChI=1S/C23H38N2O3.ClH/c1-24(2)16-17-25(15-13-21(26)20-8-6-5-7-9-20)14-12-19-10-11-22(27-3)23(18-19)28-4;/h10-11,18,20H,5-9,12-17H2,1-4H3;1H. The number of benzene rings is 1. The Labute approximate surface area is 183 Å². The number of carbonyl (C=O) groups is 1. The molecule has 5 nitrogen and oxygen atoms in total. The molecule has 29 heavy (non-hydrogen) atoms. The molecule has 166 valence electrons. The van der Waals surface area contributed by atoms with Crippen molar-refractivity contribution in [2.45, 2.75) is 44.9 Å². The molecule has 0 saturated heterocycles. The molecule has 1 aliphatic carbocycles. The molecule has 0 heterocycles. The zero-order valence-electron chi connectivity index (χ0n) is 18.6. The van der Waals surface area contributed by atoms with Crippen molar-refractivity contribution < 1.29 is 31.6 Å². The molecule has 0 radical (unpaired) electrons. The number of likely N-dealkylation sites (N-methyl/N-ethyl adjacent to an activating group) is 1. The van der Waals surface area contributed by atoms with Gasteiger partial charge >= 0.3 is 0 Å². The summed E-state index contributed by atoms with van der Waals surface area (Å²) in [6.45, 7) is 3.94. The number of rotatable bonds is 12. The minimum absolute atomic E-state index is 0. The number of carbonyl (C=O) groups excluding carboxylic acids is 1. The Kier molecular flexibility index (Phi) is 12.3. The van der Waals surface area contributed by atoms with Crippen LogP contribution in [0.25, 0.3) is 0 Å². The van der Waals surface area contributed by atoms with Gasteiger partial charge in [-0.05, 0) is 37.0 Å². The van der Waals surface area contributed by atoms with Gasteiger partial charge in [0, 0.05) is 32.0 Å². The summed E-state index contributed by atoms with van der Waals surface area (Å²) in [6.07, 6.45) is 7.60.